The van der Waals surface area contributed by atoms with Crippen LogP contribution in [0.1, 0.15) is 5.56 Å². The number of hydrogen-bond donors (Lipinski definition) is 0. The van der Waals surface area contributed by atoms with E-state index in [0.717, 1.165) is 10.0 Å². The van der Waals surface area contributed by atoms with Crippen LogP contribution in [0.2, 0.25) is 0 Å². The molecule has 0 aliphatic carbocycles. The normalized spacial score (nSPS) is 13.1. The van der Waals surface area contributed by atoms with Crippen LogP contribution in [0.5, 0.6) is 0 Å². The van der Waals surface area contributed by atoms with Crippen LogP contribution in [0.15, 0.2) is 28.7 Å². The zero-order chi connectivity index (χ0) is 12.9. The van der Waals surface area contributed by atoms with Crippen molar-refractivity contribution in [2.24, 2.45) is 5.92 Å². The summed E-state index contributed by atoms with van der Waals surface area (Å²) in [7, 11) is 0. The van der Waals surface area contributed by atoms with E-state index in [1.54, 1.807) is 24.3 Å². The third kappa shape index (κ3) is 4.75. The summed E-state index contributed by atoms with van der Waals surface area (Å²) in [6.45, 7) is -0.586. The van der Waals surface area contributed by atoms with Crippen LogP contribution >= 0.6 is 15.9 Å². The summed E-state index contributed by atoms with van der Waals surface area (Å²) in [5, 5.41) is 8.34. The minimum absolute atomic E-state index is 0.0571. The Labute approximate surface area is 105 Å². The largest absolute Gasteiger partial charge is 0.406 e. The molecule has 0 saturated carbocycles. The number of halogens is 4. The van der Waals surface area contributed by atoms with Crippen molar-refractivity contribution in [1.29, 1.82) is 5.26 Å². The van der Waals surface area contributed by atoms with E-state index in [2.05, 4.69) is 15.9 Å². The third-order valence-electron chi connectivity index (χ3n) is 2.02. The fraction of sp³-hybridized carbons (Fsp3) is 0.364. The van der Waals surface area contributed by atoms with Gasteiger partial charge in [0.15, 0.2) is 5.92 Å². The minimum Gasteiger partial charge on any atom is -0.375 e. The van der Waals surface area contributed by atoms with Crippen LogP contribution in [-0.4, -0.2) is 12.8 Å². The molecule has 0 spiro atoms. The van der Waals surface area contributed by atoms with Crippen molar-refractivity contribution in [3.63, 3.8) is 0 Å². The first-order valence-electron chi connectivity index (χ1n) is 4.72. The average molecular weight is 308 g/mol. The van der Waals surface area contributed by atoms with Gasteiger partial charge in [-0.3, -0.25) is 0 Å². The average Bonchev–Trinajstić information content (AvgIpc) is 2.25. The maximum Gasteiger partial charge on any atom is 0.406 e. The van der Waals surface area contributed by atoms with E-state index in [0.29, 0.717) is 0 Å². The number of nitriles is 1. The SMILES string of the molecule is N#CC(COCc1ccc(Br)cc1)C(F)(F)F. The molecule has 0 fully saturated rings. The first-order valence-corrected chi connectivity index (χ1v) is 5.51. The fourth-order valence-electron chi connectivity index (χ4n) is 1.08. The highest BCUT2D eigenvalue weighted by Crippen LogP contribution is 2.26. The van der Waals surface area contributed by atoms with E-state index in [9.17, 15) is 13.2 Å². The second-order valence-corrected chi connectivity index (χ2v) is 4.28. The lowest BCUT2D eigenvalue weighted by Gasteiger charge is -2.13. The van der Waals surface area contributed by atoms with E-state index in [-0.39, 0.29) is 6.61 Å². The molecular formula is C11H9BrF3NO. The maximum atomic E-state index is 12.2. The first-order chi connectivity index (χ1) is 7.93. The molecular weight excluding hydrogens is 299 g/mol. The Bertz CT molecular complexity index is 397. The molecule has 1 atom stereocenters. The molecule has 0 bridgehead atoms. The Morgan fingerprint density at radius 1 is 1.29 bits per heavy atom. The van der Waals surface area contributed by atoms with Gasteiger partial charge in [0.25, 0.3) is 0 Å². The van der Waals surface area contributed by atoms with Crippen LogP contribution in [0.3, 0.4) is 0 Å². The Hall–Kier alpha value is -1.06. The molecule has 6 heteroatoms. The van der Waals surface area contributed by atoms with E-state index in [1.165, 1.54) is 6.07 Å². The highest BCUT2D eigenvalue weighted by Gasteiger charge is 2.39. The van der Waals surface area contributed by atoms with Gasteiger partial charge in [-0.1, -0.05) is 28.1 Å². The number of benzene rings is 1. The van der Waals surface area contributed by atoms with Crippen molar-refractivity contribution < 1.29 is 17.9 Å². The molecule has 0 amide bonds. The molecule has 1 aromatic rings. The van der Waals surface area contributed by atoms with Crippen LogP contribution in [0, 0.1) is 17.2 Å². The lowest BCUT2D eigenvalue weighted by Crippen LogP contribution is -2.25. The van der Waals surface area contributed by atoms with Crippen molar-refractivity contribution in [2.45, 2.75) is 12.8 Å². The predicted molar refractivity (Wildman–Crippen MR) is 59.0 cm³/mol. The molecule has 0 saturated heterocycles. The van der Waals surface area contributed by atoms with Crippen molar-refractivity contribution >= 4 is 15.9 Å². The summed E-state index contributed by atoms with van der Waals surface area (Å²) in [6.07, 6.45) is -4.53. The quantitative estimate of drug-likeness (QED) is 0.850. The molecule has 1 rings (SSSR count). The second-order valence-electron chi connectivity index (χ2n) is 3.36. The number of rotatable bonds is 4. The van der Waals surface area contributed by atoms with Gasteiger partial charge >= 0.3 is 6.18 Å². The van der Waals surface area contributed by atoms with Gasteiger partial charge in [0.2, 0.25) is 0 Å². The van der Waals surface area contributed by atoms with Crippen LogP contribution in [0.25, 0.3) is 0 Å². The molecule has 0 aliphatic heterocycles. The van der Waals surface area contributed by atoms with Crippen molar-refractivity contribution in [3.8, 4) is 6.07 Å². The number of ether oxygens (including phenoxy) is 1. The first kappa shape index (κ1) is 14.0. The second kappa shape index (κ2) is 6.03. The molecule has 17 heavy (non-hydrogen) atoms. The Morgan fingerprint density at radius 2 is 1.88 bits per heavy atom. The van der Waals surface area contributed by atoms with Gasteiger partial charge in [-0.2, -0.15) is 18.4 Å². The smallest absolute Gasteiger partial charge is 0.375 e. The molecule has 0 aliphatic rings. The van der Waals surface area contributed by atoms with Crippen LogP contribution in [-0.2, 0) is 11.3 Å². The number of nitrogens with zero attached hydrogens (tertiary/aromatic N) is 1. The monoisotopic (exact) mass is 307 g/mol. The summed E-state index contributed by atoms with van der Waals surface area (Å²) < 4.78 is 42.3. The fourth-order valence-corrected chi connectivity index (χ4v) is 1.34. The lowest BCUT2D eigenvalue weighted by molar-refractivity contribution is -0.172. The minimum atomic E-state index is -4.53. The standard InChI is InChI=1S/C11H9BrF3NO/c12-10-3-1-8(2-4-10)6-17-7-9(5-16)11(13,14)15/h1-4,9H,6-7H2. The summed E-state index contributed by atoms with van der Waals surface area (Å²) in [5.41, 5.74) is 0.757. The molecule has 1 aromatic carbocycles. The molecule has 0 radical (unpaired) electrons. The van der Waals surface area contributed by atoms with Crippen molar-refractivity contribution in [3.05, 3.63) is 34.3 Å². The summed E-state index contributed by atoms with van der Waals surface area (Å²) in [4.78, 5) is 0. The van der Waals surface area contributed by atoms with E-state index >= 15 is 0 Å². The van der Waals surface area contributed by atoms with Gasteiger partial charge in [0, 0.05) is 4.47 Å². The van der Waals surface area contributed by atoms with Gasteiger partial charge in [-0.15, -0.1) is 0 Å². The van der Waals surface area contributed by atoms with Gasteiger partial charge in [-0.05, 0) is 17.7 Å². The van der Waals surface area contributed by atoms with Crippen molar-refractivity contribution in [2.75, 3.05) is 6.61 Å². The summed E-state index contributed by atoms with van der Waals surface area (Å²) in [5.74, 6) is -2.07. The van der Waals surface area contributed by atoms with Crippen molar-refractivity contribution in [1.82, 2.24) is 0 Å². The highest BCUT2D eigenvalue weighted by atomic mass is 79.9. The Morgan fingerprint density at radius 3 is 2.35 bits per heavy atom. The van der Waals surface area contributed by atoms with Gasteiger partial charge in [-0.25, -0.2) is 0 Å². The molecule has 0 heterocycles. The third-order valence-corrected chi connectivity index (χ3v) is 2.55. The van der Waals surface area contributed by atoms with Gasteiger partial charge in [0.1, 0.15) is 0 Å². The zero-order valence-electron chi connectivity index (χ0n) is 8.67. The van der Waals surface area contributed by atoms with E-state index in [1.807, 2.05) is 0 Å². The summed E-state index contributed by atoms with van der Waals surface area (Å²) in [6, 6.07) is 8.19. The topological polar surface area (TPSA) is 33.0 Å². The zero-order valence-corrected chi connectivity index (χ0v) is 10.3. The van der Waals surface area contributed by atoms with Gasteiger partial charge < -0.3 is 4.74 Å². The number of hydrogen-bond acceptors (Lipinski definition) is 2. The van der Waals surface area contributed by atoms with Gasteiger partial charge in [0.05, 0.1) is 19.3 Å². The van der Waals surface area contributed by atoms with E-state index < -0.39 is 18.7 Å². The van der Waals surface area contributed by atoms with E-state index in [4.69, 9.17) is 10.00 Å². The Kier molecular flexibility index (Phi) is 4.97. The molecule has 2 nitrogen and oxygen atoms in total. The van der Waals surface area contributed by atoms with Crippen LogP contribution < -0.4 is 0 Å². The molecule has 0 N–H and O–H groups in total. The van der Waals surface area contributed by atoms with Crippen LogP contribution in [0.4, 0.5) is 13.2 Å². The molecule has 1 unspecified atom stereocenters. The number of alkyl halides is 3. The molecule has 92 valence electrons. The Balaban J connectivity index is 2.42. The molecule has 0 aromatic heterocycles. The maximum absolute atomic E-state index is 12.2. The lowest BCUT2D eigenvalue weighted by atomic mass is 10.2. The predicted octanol–water partition coefficient (Wildman–Crippen LogP) is 3.67. The highest BCUT2D eigenvalue weighted by molar-refractivity contribution is 9.10. The summed E-state index contributed by atoms with van der Waals surface area (Å²) >= 11 is 3.24.